The average molecular weight is 412 g/mol. The van der Waals surface area contributed by atoms with Gasteiger partial charge < -0.3 is 10.2 Å². The van der Waals surface area contributed by atoms with Crippen LogP contribution in [-0.4, -0.2) is 47.6 Å². The Balaban J connectivity index is 1.61. The minimum absolute atomic E-state index is 0.0528. The van der Waals surface area contributed by atoms with E-state index >= 15 is 0 Å². The monoisotopic (exact) mass is 412 g/mol. The van der Waals surface area contributed by atoms with Crippen molar-refractivity contribution in [2.75, 3.05) is 34.8 Å². The molecule has 2 aliphatic rings. The van der Waals surface area contributed by atoms with Gasteiger partial charge in [0.15, 0.2) is 5.82 Å². The smallest absolute Gasteiger partial charge is 0.329 e. The van der Waals surface area contributed by atoms with Crippen molar-refractivity contribution in [1.29, 1.82) is 0 Å². The van der Waals surface area contributed by atoms with Crippen LogP contribution in [0.4, 0.5) is 26.5 Å². The molecule has 0 aliphatic carbocycles. The molecule has 0 radical (unpaired) electrons. The number of hydrogen-bond acceptors (Lipinski definition) is 5. The van der Waals surface area contributed by atoms with Gasteiger partial charge in [0.05, 0.1) is 17.9 Å². The number of nitrogens with zero attached hydrogens (tertiary/aromatic N) is 4. The van der Waals surface area contributed by atoms with E-state index in [9.17, 15) is 14.0 Å². The molecule has 8 nitrogen and oxygen atoms in total. The van der Waals surface area contributed by atoms with Crippen LogP contribution in [0.2, 0.25) is 0 Å². The van der Waals surface area contributed by atoms with Gasteiger partial charge in [-0.05, 0) is 36.1 Å². The van der Waals surface area contributed by atoms with E-state index < -0.39 is 11.8 Å². The fourth-order valence-corrected chi connectivity index (χ4v) is 3.65. The van der Waals surface area contributed by atoms with Crippen molar-refractivity contribution in [2.24, 2.45) is 5.41 Å². The maximum absolute atomic E-state index is 13.1. The van der Waals surface area contributed by atoms with Gasteiger partial charge in [0.25, 0.3) is 5.91 Å². The summed E-state index contributed by atoms with van der Waals surface area (Å²) in [6.07, 6.45) is 1.85. The molecule has 2 aromatic heterocycles. The Morgan fingerprint density at radius 2 is 2.03 bits per heavy atom. The standard InChI is InChI=1S/C21H25FN6O2/c1-21(2,3)12-24-19(29)15-5-6-16-18(25-15)28(14-8-9-27(16)11-14)20(30)26-17-7-4-13(22)10-23-17/h4-7,10,14H,8-9,11-12H2,1-3H3,(H,24,29)(H,23,26,30)/t14-/m0/s1. The summed E-state index contributed by atoms with van der Waals surface area (Å²) in [4.78, 5) is 37.9. The lowest BCUT2D eigenvalue weighted by Gasteiger charge is -2.35. The maximum atomic E-state index is 13.1. The third kappa shape index (κ3) is 4.05. The number of rotatable bonds is 3. The molecule has 3 amide bonds. The number of carbonyl (C=O) groups is 2. The summed E-state index contributed by atoms with van der Waals surface area (Å²) < 4.78 is 13.1. The zero-order chi connectivity index (χ0) is 21.5. The van der Waals surface area contributed by atoms with Crippen LogP contribution in [0.15, 0.2) is 30.5 Å². The third-order valence-electron chi connectivity index (χ3n) is 5.15. The van der Waals surface area contributed by atoms with E-state index in [0.29, 0.717) is 18.9 Å². The van der Waals surface area contributed by atoms with Crippen LogP contribution in [0.3, 0.4) is 0 Å². The van der Waals surface area contributed by atoms with E-state index in [4.69, 9.17) is 0 Å². The maximum Gasteiger partial charge on any atom is 0.329 e. The van der Waals surface area contributed by atoms with E-state index in [1.807, 2.05) is 26.8 Å². The van der Waals surface area contributed by atoms with Gasteiger partial charge >= 0.3 is 6.03 Å². The lowest BCUT2D eigenvalue weighted by atomic mass is 9.97. The first-order valence-corrected chi connectivity index (χ1v) is 9.97. The van der Waals surface area contributed by atoms with Crippen LogP contribution in [0.5, 0.6) is 0 Å². The van der Waals surface area contributed by atoms with Crippen molar-refractivity contribution < 1.29 is 14.0 Å². The number of halogens is 1. The van der Waals surface area contributed by atoms with Crippen molar-refractivity contribution >= 4 is 29.3 Å². The second-order valence-electron chi connectivity index (χ2n) is 8.83. The van der Waals surface area contributed by atoms with Crippen molar-refractivity contribution in [3.05, 3.63) is 42.0 Å². The van der Waals surface area contributed by atoms with Crippen molar-refractivity contribution in [1.82, 2.24) is 15.3 Å². The van der Waals surface area contributed by atoms with Gasteiger partial charge in [-0.3, -0.25) is 15.0 Å². The molecule has 30 heavy (non-hydrogen) atoms. The second kappa shape index (κ2) is 7.55. The van der Waals surface area contributed by atoms with Crippen molar-refractivity contribution in [3.63, 3.8) is 0 Å². The SMILES string of the molecule is CC(C)(C)CNC(=O)c1ccc2c(n1)N(C(=O)Nc1ccc(F)cn1)[C@H]1CCN2C1. The number of fused-ring (bicyclic) bond motifs is 4. The fourth-order valence-electron chi connectivity index (χ4n) is 3.65. The number of carbonyl (C=O) groups excluding carboxylic acids is 2. The second-order valence-corrected chi connectivity index (χ2v) is 8.83. The molecule has 0 unspecified atom stereocenters. The van der Waals surface area contributed by atoms with Crippen LogP contribution < -0.4 is 20.4 Å². The molecule has 0 aromatic carbocycles. The molecule has 9 heteroatoms. The average Bonchev–Trinajstić information content (AvgIpc) is 3.11. The number of anilines is 3. The lowest BCUT2D eigenvalue weighted by Crippen LogP contribution is -2.48. The molecule has 1 fully saturated rings. The van der Waals surface area contributed by atoms with E-state index in [2.05, 4.69) is 25.5 Å². The molecule has 1 atom stereocenters. The Kier molecular flexibility index (Phi) is 5.05. The van der Waals surface area contributed by atoms with E-state index in [0.717, 1.165) is 24.8 Å². The number of hydrogen-bond donors (Lipinski definition) is 2. The number of aromatic nitrogens is 2. The van der Waals surface area contributed by atoms with Crippen molar-refractivity contribution in [3.8, 4) is 0 Å². The summed E-state index contributed by atoms with van der Waals surface area (Å²) >= 11 is 0. The summed E-state index contributed by atoms with van der Waals surface area (Å²) in [6, 6.07) is 5.71. The number of nitrogens with one attached hydrogen (secondary N) is 2. The molecule has 1 saturated heterocycles. The molecule has 2 bridgehead atoms. The van der Waals surface area contributed by atoms with Gasteiger partial charge in [0.1, 0.15) is 17.3 Å². The van der Waals surface area contributed by atoms with Crippen LogP contribution in [0, 0.1) is 11.2 Å². The first-order valence-electron chi connectivity index (χ1n) is 9.97. The predicted molar refractivity (Wildman–Crippen MR) is 112 cm³/mol. The molecule has 2 N–H and O–H groups in total. The minimum atomic E-state index is -0.477. The fraction of sp³-hybridized carbons (Fsp3) is 0.429. The van der Waals surface area contributed by atoms with Crippen LogP contribution in [0.1, 0.15) is 37.7 Å². The van der Waals surface area contributed by atoms with Gasteiger partial charge in [0.2, 0.25) is 0 Å². The number of urea groups is 1. The largest absolute Gasteiger partial charge is 0.366 e. The molecule has 158 valence electrons. The molecule has 4 rings (SSSR count). The molecule has 4 heterocycles. The summed E-state index contributed by atoms with van der Waals surface area (Å²) in [5, 5.41) is 5.60. The van der Waals surface area contributed by atoms with Gasteiger partial charge in [0, 0.05) is 19.6 Å². The van der Waals surface area contributed by atoms with Crippen LogP contribution >= 0.6 is 0 Å². The Bertz CT molecular complexity index is 972. The topological polar surface area (TPSA) is 90.5 Å². The first-order chi connectivity index (χ1) is 14.2. The molecular formula is C21H25FN6O2. The lowest BCUT2D eigenvalue weighted by molar-refractivity contribution is 0.0934. The quantitative estimate of drug-likeness (QED) is 0.809. The van der Waals surface area contributed by atoms with Gasteiger partial charge in [-0.25, -0.2) is 19.2 Å². The highest BCUT2D eigenvalue weighted by atomic mass is 19.1. The van der Waals surface area contributed by atoms with E-state index in [-0.39, 0.29) is 28.9 Å². The zero-order valence-electron chi connectivity index (χ0n) is 17.3. The van der Waals surface area contributed by atoms with E-state index in [1.54, 1.807) is 11.0 Å². The minimum Gasteiger partial charge on any atom is -0.366 e. The molecule has 2 aromatic rings. The van der Waals surface area contributed by atoms with Gasteiger partial charge in [-0.1, -0.05) is 20.8 Å². The van der Waals surface area contributed by atoms with Gasteiger partial charge in [-0.2, -0.15) is 0 Å². The summed E-state index contributed by atoms with van der Waals surface area (Å²) in [7, 11) is 0. The highest BCUT2D eigenvalue weighted by Crippen LogP contribution is 2.39. The number of pyridine rings is 2. The Morgan fingerprint density at radius 3 is 2.73 bits per heavy atom. The number of amides is 3. The highest BCUT2D eigenvalue weighted by Gasteiger charge is 2.40. The van der Waals surface area contributed by atoms with Crippen LogP contribution in [-0.2, 0) is 0 Å². The van der Waals surface area contributed by atoms with Crippen molar-refractivity contribution in [2.45, 2.75) is 33.2 Å². The Morgan fingerprint density at radius 1 is 1.23 bits per heavy atom. The summed E-state index contributed by atoms with van der Waals surface area (Å²) in [6.45, 7) is 8.14. The Labute approximate surface area is 174 Å². The third-order valence-corrected chi connectivity index (χ3v) is 5.15. The highest BCUT2D eigenvalue weighted by molar-refractivity contribution is 6.05. The molecule has 0 saturated carbocycles. The molecule has 2 aliphatic heterocycles. The van der Waals surface area contributed by atoms with E-state index in [1.165, 1.54) is 12.1 Å². The molecular weight excluding hydrogens is 387 g/mol. The van der Waals surface area contributed by atoms with Crippen LogP contribution in [0.25, 0.3) is 0 Å². The predicted octanol–water partition coefficient (Wildman–Crippen LogP) is 3.02. The Hall–Kier alpha value is -3.23. The van der Waals surface area contributed by atoms with Gasteiger partial charge in [-0.15, -0.1) is 0 Å². The first kappa shape index (κ1) is 20.1. The molecule has 0 spiro atoms. The zero-order valence-corrected chi connectivity index (χ0v) is 17.3. The normalized spacial score (nSPS) is 17.5. The summed E-state index contributed by atoms with van der Waals surface area (Å²) in [5.74, 6) is -0.0502. The summed E-state index contributed by atoms with van der Waals surface area (Å²) in [5.41, 5.74) is 1.03.